The molecule has 0 spiro atoms. The number of benzene rings is 1. The minimum atomic E-state index is -0.838. The molecule has 1 aliphatic heterocycles. The molecule has 22 heavy (non-hydrogen) atoms. The van der Waals surface area contributed by atoms with E-state index in [4.69, 9.17) is 5.11 Å². The molecule has 1 fully saturated rings. The lowest BCUT2D eigenvalue weighted by molar-refractivity contribution is -0.142. The van der Waals surface area contributed by atoms with Gasteiger partial charge >= 0.3 is 5.97 Å². The van der Waals surface area contributed by atoms with Gasteiger partial charge in [-0.1, -0.05) is 26.0 Å². The third kappa shape index (κ3) is 3.84. The van der Waals surface area contributed by atoms with Crippen molar-refractivity contribution in [2.45, 2.75) is 26.7 Å². The van der Waals surface area contributed by atoms with Crippen LogP contribution in [0.2, 0.25) is 0 Å². The summed E-state index contributed by atoms with van der Waals surface area (Å²) in [4.78, 5) is 25.2. The summed E-state index contributed by atoms with van der Waals surface area (Å²) < 4.78 is 13.1. The second kappa shape index (κ2) is 6.90. The van der Waals surface area contributed by atoms with Crippen LogP contribution in [0.25, 0.3) is 0 Å². The Labute approximate surface area is 129 Å². The Morgan fingerprint density at radius 2 is 2.14 bits per heavy atom. The Balaban J connectivity index is 1.89. The quantitative estimate of drug-likeness (QED) is 0.909. The predicted molar refractivity (Wildman–Crippen MR) is 80.8 cm³/mol. The number of aliphatic carboxylic acids is 1. The summed E-state index contributed by atoms with van der Waals surface area (Å²) >= 11 is 0. The Morgan fingerprint density at radius 1 is 1.41 bits per heavy atom. The van der Waals surface area contributed by atoms with Crippen LogP contribution in [0.4, 0.5) is 4.39 Å². The molecule has 120 valence electrons. The third-order valence-electron chi connectivity index (χ3n) is 4.42. The van der Waals surface area contributed by atoms with Crippen molar-refractivity contribution >= 4 is 11.9 Å². The number of nitrogens with zero attached hydrogens (tertiary/aromatic N) is 1. The summed E-state index contributed by atoms with van der Waals surface area (Å²) in [7, 11) is 0. The minimum absolute atomic E-state index is 0.00740. The van der Waals surface area contributed by atoms with E-state index in [2.05, 4.69) is 0 Å². The molecule has 0 saturated carbocycles. The molecule has 4 nitrogen and oxygen atoms in total. The largest absolute Gasteiger partial charge is 0.481 e. The highest BCUT2D eigenvalue weighted by Gasteiger charge is 2.37. The van der Waals surface area contributed by atoms with E-state index in [1.165, 1.54) is 12.1 Å². The number of carbonyl (C=O) groups excluding carboxylic acids is 1. The summed E-state index contributed by atoms with van der Waals surface area (Å²) in [5.74, 6) is -1.80. The Morgan fingerprint density at radius 3 is 2.73 bits per heavy atom. The number of carboxylic acids is 1. The van der Waals surface area contributed by atoms with Crippen LogP contribution in [0, 0.1) is 23.6 Å². The molecule has 1 aromatic carbocycles. The molecule has 0 bridgehead atoms. The Hall–Kier alpha value is -1.91. The number of rotatable bonds is 5. The van der Waals surface area contributed by atoms with Gasteiger partial charge in [-0.2, -0.15) is 0 Å². The highest BCUT2D eigenvalue weighted by Crippen LogP contribution is 2.25. The van der Waals surface area contributed by atoms with Crippen molar-refractivity contribution in [1.82, 2.24) is 4.90 Å². The van der Waals surface area contributed by atoms with Gasteiger partial charge in [-0.3, -0.25) is 9.59 Å². The van der Waals surface area contributed by atoms with Crippen molar-refractivity contribution in [3.63, 3.8) is 0 Å². The maximum Gasteiger partial charge on any atom is 0.308 e. The summed E-state index contributed by atoms with van der Waals surface area (Å²) in [5, 5.41) is 9.13. The van der Waals surface area contributed by atoms with Crippen molar-refractivity contribution in [1.29, 1.82) is 0 Å². The average Bonchev–Trinajstić information content (AvgIpc) is 2.86. The van der Waals surface area contributed by atoms with Crippen molar-refractivity contribution in [2.24, 2.45) is 17.8 Å². The molecular weight excluding hydrogens is 285 g/mol. The lowest BCUT2D eigenvalue weighted by Crippen LogP contribution is -2.34. The van der Waals surface area contributed by atoms with Gasteiger partial charge in [0, 0.05) is 19.0 Å². The lowest BCUT2D eigenvalue weighted by Gasteiger charge is -2.20. The fraction of sp³-hybridized carbons (Fsp3) is 0.529. The van der Waals surface area contributed by atoms with Crippen molar-refractivity contribution < 1.29 is 19.1 Å². The van der Waals surface area contributed by atoms with E-state index in [0.717, 1.165) is 5.56 Å². The van der Waals surface area contributed by atoms with Crippen LogP contribution < -0.4 is 0 Å². The van der Waals surface area contributed by atoms with E-state index in [9.17, 15) is 14.0 Å². The van der Waals surface area contributed by atoms with E-state index in [-0.39, 0.29) is 23.6 Å². The van der Waals surface area contributed by atoms with Gasteiger partial charge in [-0.25, -0.2) is 4.39 Å². The van der Waals surface area contributed by atoms with E-state index in [0.29, 0.717) is 25.9 Å². The van der Waals surface area contributed by atoms with E-state index in [1.807, 2.05) is 19.9 Å². The third-order valence-corrected chi connectivity index (χ3v) is 4.42. The number of hydrogen-bond acceptors (Lipinski definition) is 2. The second-order valence-corrected chi connectivity index (χ2v) is 6.23. The zero-order valence-corrected chi connectivity index (χ0v) is 13.0. The fourth-order valence-electron chi connectivity index (χ4n) is 2.98. The second-order valence-electron chi connectivity index (χ2n) is 6.23. The predicted octanol–water partition coefficient (Wildman–Crippen LogP) is 2.57. The van der Waals surface area contributed by atoms with Gasteiger partial charge < -0.3 is 10.0 Å². The molecule has 1 aromatic rings. The molecule has 1 unspecified atom stereocenters. The summed E-state index contributed by atoms with van der Waals surface area (Å²) in [6.45, 7) is 4.50. The molecule has 1 amide bonds. The monoisotopic (exact) mass is 307 g/mol. The van der Waals surface area contributed by atoms with E-state index < -0.39 is 11.9 Å². The number of aryl methyl sites for hydroxylation is 1. The highest BCUT2D eigenvalue weighted by atomic mass is 19.1. The molecule has 5 heteroatoms. The maximum atomic E-state index is 13.1. The highest BCUT2D eigenvalue weighted by molar-refractivity contribution is 5.80. The van der Waals surface area contributed by atoms with Crippen LogP contribution in [0.15, 0.2) is 24.3 Å². The topological polar surface area (TPSA) is 57.6 Å². The maximum absolute atomic E-state index is 13.1. The molecule has 0 radical (unpaired) electrons. The SMILES string of the molecule is CC(CCc1cccc(F)c1)C(=O)N1C[C@@H](C)[C@H](C(=O)O)C1. The first-order chi connectivity index (χ1) is 10.4. The van der Waals surface area contributed by atoms with Crippen LogP contribution in [0.5, 0.6) is 0 Å². The summed E-state index contributed by atoms with van der Waals surface area (Å²) in [6, 6.07) is 6.39. The molecule has 1 N–H and O–H groups in total. The zero-order chi connectivity index (χ0) is 16.3. The normalized spacial score (nSPS) is 22.6. The summed E-state index contributed by atoms with van der Waals surface area (Å²) in [5.41, 5.74) is 0.873. The first-order valence-electron chi connectivity index (χ1n) is 7.64. The van der Waals surface area contributed by atoms with Gasteiger partial charge in [0.05, 0.1) is 5.92 Å². The van der Waals surface area contributed by atoms with Crippen LogP contribution in [-0.4, -0.2) is 35.0 Å². The molecular formula is C17H22FNO3. The molecule has 2 rings (SSSR count). The van der Waals surface area contributed by atoms with Crippen molar-refractivity contribution in [3.8, 4) is 0 Å². The van der Waals surface area contributed by atoms with Gasteiger partial charge in [0.15, 0.2) is 0 Å². The first kappa shape index (κ1) is 16.5. The van der Waals surface area contributed by atoms with Crippen LogP contribution >= 0.6 is 0 Å². The molecule has 1 saturated heterocycles. The Bertz CT molecular complexity index is 561. The number of likely N-dealkylation sites (tertiary alicyclic amines) is 1. The molecule has 0 aromatic heterocycles. The van der Waals surface area contributed by atoms with Crippen LogP contribution in [0.1, 0.15) is 25.8 Å². The smallest absolute Gasteiger partial charge is 0.308 e. The molecule has 1 heterocycles. The minimum Gasteiger partial charge on any atom is -0.481 e. The lowest BCUT2D eigenvalue weighted by atomic mass is 9.99. The van der Waals surface area contributed by atoms with Gasteiger partial charge in [0.1, 0.15) is 5.82 Å². The van der Waals surface area contributed by atoms with Gasteiger partial charge in [0.2, 0.25) is 5.91 Å². The van der Waals surface area contributed by atoms with Gasteiger partial charge in [-0.05, 0) is 36.5 Å². The molecule has 0 aliphatic carbocycles. The van der Waals surface area contributed by atoms with Crippen molar-refractivity contribution in [2.75, 3.05) is 13.1 Å². The summed E-state index contributed by atoms with van der Waals surface area (Å²) in [6.07, 6.45) is 1.27. The number of halogens is 1. The Kier molecular flexibility index (Phi) is 5.16. The van der Waals surface area contributed by atoms with Crippen LogP contribution in [-0.2, 0) is 16.0 Å². The molecule has 1 aliphatic rings. The number of carboxylic acid groups (broad SMARTS) is 1. The van der Waals surface area contributed by atoms with Crippen molar-refractivity contribution in [3.05, 3.63) is 35.6 Å². The number of carbonyl (C=O) groups is 2. The van der Waals surface area contributed by atoms with E-state index in [1.54, 1.807) is 11.0 Å². The van der Waals surface area contributed by atoms with Gasteiger partial charge in [-0.15, -0.1) is 0 Å². The molecule has 3 atom stereocenters. The standard InChI is InChI=1S/C17H22FNO3/c1-11(6-7-13-4-3-5-14(18)8-13)16(20)19-9-12(2)15(10-19)17(21)22/h3-5,8,11-12,15H,6-7,9-10H2,1-2H3,(H,21,22)/t11?,12-,15-/m1/s1. The zero-order valence-electron chi connectivity index (χ0n) is 13.0. The number of amides is 1. The van der Waals surface area contributed by atoms with Gasteiger partial charge in [0.25, 0.3) is 0 Å². The fourth-order valence-corrected chi connectivity index (χ4v) is 2.98. The van der Waals surface area contributed by atoms with E-state index >= 15 is 0 Å². The first-order valence-corrected chi connectivity index (χ1v) is 7.64. The average molecular weight is 307 g/mol. The van der Waals surface area contributed by atoms with Crippen LogP contribution in [0.3, 0.4) is 0 Å². The number of hydrogen-bond donors (Lipinski definition) is 1.